The smallest absolute Gasteiger partial charge is 0.323 e. The molecule has 1 aliphatic heterocycles. The van der Waals surface area contributed by atoms with Gasteiger partial charge < -0.3 is 14.6 Å². The van der Waals surface area contributed by atoms with Crippen LogP contribution in [0.25, 0.3) is 6.08 Å². The predicted octanol–water partition coefficient (Wildman–Crippen LogP) is 4.30. The van der Waals surface area contributed by atoms with Gasteiger partial charge in [-0.1, -0.05) is 12.1 Å². The van der Waals surface area contributed by atoms with Gasteiger partial charge in [0.05, 0.1) is 20.0 Å². The van der Waals surface area contributed by atoms with E-state index in [0.29, 0.717) is 49.5 Å². The largest absolute Gasteiger partial charge is 0.490 e. The molecule has 0 saturated carbocycles. The molecule has 12 heteroatoms. The van der Waals surface area contributed by atoms with E-state index in [1.165, 1.54) is 18.2 Å². The van der Waals surface area contributed by atoms with Crippen molar-refractivity contribution < 1.29 is 33.9 Å². The number of nitro groups is 1. The summed E-state index contributed by atoms with van der Waals surface area (Å²) in [5.41, 5.74) is 1.13. The fourth-order valence-corrected chi connectivity index (χ4v) is 4.53. The lowest BCUT2D eigenvalue weighted by Crippen LogP contribution is -2.33. The molecule has 0 unspecified atom stereocenters. The van der Waals surface area contributed by atoms with Crippen LogP contribution in [0, 0.1) is 13.7 Å². The van der Waals surface area contributed by atoms with Gasteiger partial charge in [0, 0.05) is 12.1 Å². The van der Waals surface area contributed by atoms with Crippen LogP contribution in [-0.4, -0.2) is 45.2 Å². The van der Waals surface area contributed by atoms with E-state index in [1.54, 1.807) is 31.2 Å². The van der Waals surface area contributed by atoms with Crippen molar-refractivity contribution in [3.63, 3.8) is 0 Å². The minimum Gasteiger partial charge on any atom is -0.490 e. The molecule has 2 amide bonds. The number of imide groups is 1. The first kappa shape index (κ1) is 24.5. The molecule has 1 fully saturated rings. The third kappa shape index (κ3) is 6.01. The van der Waals surface area contributed by atoms with E-state index < -0.39 is 28.6 Å². The molecular weight excluding hydrogens is 567 g/mol. The molecule has 1 saturated heterocycles. The Hall–Kier alpha value is -3.13. The Morgan fingerprint density at radius 3 is 2.70 bits per heavy atom. The number of thioether (sulfide) groups is 1. The molecule has 1 N–H and O–H groups in total. The maximum Gasteiger partial charge on any atom is 0.323 e. The summed E-state index contributed by atoms with van der Waals surface area (Å²) in [6.07, 6.45) is 1.49. The summed E-state index contributed by atoms with van der Waals surface area (Å²) in [6.45, 7) is 1.50. The van der Waals surface area contributed by atoms with Crippen molar-refractivity contribution in [3.05, 3.63) is 66.1 Å². The molecule has 0 spiro atoms. The van der Waals surface area contributed by atoms with Crippen molar-refractivity contribution in [2.75, 3.05) is 13.2 Å². The standard InChI is InChI=1S/C21H17IN2O8S/c1-2-31-16-8-13(9-17-20(27)23(10-18(25)26)21(28)33-17)7-15(22)19(16)32-11-12-4-3-5-14(6-12)24(29)30/h3-9H,2,10-11H2,1H3,(H,25,26)/b17-9+. The van der Waals surface area contributed by atoms with Gasteiger partial charge in [0.25, 0.3) is 16.8 Å². The van der Waals surface area contributed by atoms with Gasteiger partial charge in [0.15, 0.2) is 11.5 Å². The number of amides is 2. The van der Waals surface area contributed by atoms with Gasteiger partial charge in [-0.25, -0.2) is 0 Å². The van der Waals surface area contributed by atoms with E-state index in [2.05, 4.69) is 0 Å². The van der Waals surface area contributed by atoms with Crippen molar-refractivity contribution in [2.24, 2.45) is 0 Å². The number of ether oxygens (including phenoxy) is 2. The SMILES string of the molecule is CCOc1cc(/C=C2/SC(=O)N(CC(=O)O)C2=O)cc(I)c1OCc1cccc([N+](=O)[O-])c1. The van der Waals surface area contributed by atoms with E-state index >= 15 is 0 Å². The first-order valence-corrected chi connectivity index (χ1v) is 11.4. The number of rotatable bonds is 9. The van der Waals surface area contributed by atoms with Crippen LogP contribution in [0.4, 0.5) is 10.5 Å². The van der Waals surface area contributed by atoms with E-state index in [9.17, 15) is 24.5 Å². The quantitative estimate of drug-likeness (QED) is 0.198. The monoisotopic (exact) mass is 584 g/mol. The molecule has 2 aromatic rings. The maximum atomic E-state index is 12.4. The average Bonchev–Trinajstić information content (AvgIpc) is 3.00. The lowest BCUT2D eigenvalue weighted by Gasteiger charge is -2.15. The highest BCUT2D eigenvalue weighted by atomic mass is 127. The molecule has 0 atom stereocenters. The zero-order valence-corrected chi connectivity index (χ0v) is 20.1. The van der Waals surface area contributed by atoms with Gasteiger partial charge in [0.1, 0.15) is 13.2 Å². The number of nitro benzene ring substituents is 1. The molecule has 2 aromatic carbocycles. The van der Waals surface area contributed by atoms with Crippen LogP contribution in [0.2, 0.25) is 0 Å². The Bertz CT molecular complexity index is 1170. The first-order chi connectivity index (χ1) is 15.7. The van der Waals surface area contributed by atoms with Gasteiger partial charge in [-0.05, 0) is 70.6 Å². The van der Waals surface area contributed by atoms with Crippen molar-refractivity contribution in [1.82, 2.24) is 4.90 Å². The summed E-state index contributed by atoms with van der Waals surface area (Å²) in [4.78, 5) is 46.5. The van der Waals surface area contributed by atoms with E-state index in [1.807, 2.05) is 22.6 Å². The number of carboxylic acid groups (broad SMARTS) is 1. The molecule has 3 rings (SSSR count). The highest BCUT2D eigenvalue weighted by molar-refractivity contribution is 14.1. The van der Waals surface area contributed by atoms with Gasteiger partial charge >= 0.3 is 5.97 Å². The third-order valence-electron chi connectivity index (χ3n) is 4.30. The van der Waals surface area contributed by atoms with Crippen molar-refractivity contribution in [1.29, 1.82) is 0 Å². The number of benzene rings is 2. The predicted molar refractivity (Wildman–Crippen MR) is 128 cm³/mol. The van der Waals surface area contributed by atoms with Gasteiger partial charge in [0.2, 0.25) is 0 Å². The van der Waals surface area contributed by atoms with Crippen LogP contribution >= 0.6 is 34.4 Å². The second-order valence-corrected chi connectivity index (χ2v) is 8.80. The van der Waals surface area contributed by atoms with Crippen LogP contribution in [0.15, 0.2) is 41.3 Å². The van der Waals surface area contributed by atoms with Gasteiger partial charge in [-0.2, -0.15) is 0 Å². The number of nitrogens with zero attached hydrogens (tertiary/aromatic N) is 2. The normalized spacial score (nSPS) is 14.6. The summed E-state index contributed by atoms with van der Waals surface area (Å²) in [6, 6.07) is 9.46. The Morgan fingerprint density at radius 2 is 2.03 bits per heavy atom. The van der Waals surface area contributed by atoms with E-state index in [0.717, 1.165) is 0 Å². The minimum absolute atomic E-state index is 0.0389. The topological polar surface area (TPSA) is 136 Å². The van der Waals surface area contributed by atoms with Crippen LogP contribution in [0.3, 0.4) is 0 Å². The van der Waals surface area contributed by atoms with Crippen molar-refractivity contribution in [2.45, 2.75) is 13.5 Å². The second-order valence-electron chi connectivity index (χ2n) is 6.64. The van der Waals surface area contributed by atoms with E-state index in [4.69, 9.17) is 14.6 Å². The fraction of sp³-hybridized carbons (Fsp3) is 0.190. The van der Waals surface area contributed by atoms with Crippen LogP contribution < -0.4 is 9.47 Å². The van der Waals surface area contributed by atoms with Crippen LogP contribution in [-0.2, 0) is 16.2 Å². The lowest BCUT2D eigenvalue weighted by molar-refractivity contribution is -0.384. The highest BCUT2D eigenvalue weighted by Gasteiger charge is 2.36. The molecule has 1 aliphatic rings. The molecule has 0 radical (unpaired) electrons. The molecule has 0 aromatic heterocycles. The first-order valence-electron chi connectivity index (χ1n) is 9.49. The molecule has 33 heavy (non-hydrogen) atoms. The number of carbonyl (C=O) groups excluding carboxylic acids is 2. The Balaban J connectivity index is 1.85. The number of hydrogen-bond acceptors (Lipinski definition) is 8. The summed E-state index contributed by atoms with van der Waals surface area (Å²) >= 11 is 2.70. The maximum absolute atomic E-state index is 12.4. The highest BCUT2D eigenvalue weighted by Crippen LogP contribution is 2.38. The zero-order chi connectivity index (χ0) is 24.1. The zero-order valence-electron chi connectivity index (χ0n) is 17.1. The summed E-state index contributed by atoms with van der Waals surface area (Å²) < 4.78 is 12.2. The number of non-ortho nitro benzene ring substituents is 1. The van der Waals surface area contributed by atoms with Crippen LogP contribution in [0.1, 0.15) is 18.1 Å². The fourth-order valence-electron chi connectivity index (χ4n) is 2.91. The second kappa shape index (κ2) is 10.7. The summed E-state index contributed by atoms with van der Waals surface area (Å²) in [7, 11) is 0. The number of halogens is 1. The van der Waals surface area contributed by atoms with E-state index in [-0.39, 0.29) is 17.2 Å². The third-order valence-corrected chi connectivity index (χ3v) is 6.01. The molecule has 0 aliphatic carbocycles. The average molecular weight is 584 g/mol. The number of aliphatic carboxylic acids is 1. The minimum atomic E-state index is -1.28. The van der Waals surface area contributed by atoms with Crippen LogP contribution in [0.5, 0.6) is 11.5 Å². The molecule has 1 heterocycles. The summed E-state index contributed by atoms with van der Waals surface area (Å²) in [5, 5.41) is 19.2. The number of carboxylic acids is 1. The van der Waals surface area contributed by atoms with Gasteiger partial charge in [-0.15, -0.1) is 0 Å². The van der Waals surface area contributed by atoms with Crippen molar-refractivity contribution in [3.8, 4) is 11.5 Å². The Labute approximate surface area is 205 Å². The lowest BCUT2D eigenvalue weighted by atomic mass is 10.1. The molecule has 0 bridgehead atoms. The molecular formula is C21H17IN2O8S. The van der Waals surface area contributed by atoms with Crippen molar-refractivity contribution >= 4 is 63.2 Å². The Morgan fingerprint density at radius 1 is 1.27 bits per heavy atom. The summed E-state index contributed by atoms with van der Waals surface area (Å²) in [5.74, 6) is -1.13. The van der Waals surface area contributed by atoms with Gasteiger partial charge in [-0.3, -0.25) is 29.4 Å². The molecule has 172 valence electrons. The Kier molecular flexibility index (Phi) is 7.92. The number of carbonyl (C=O) groups is 3. The molecule has 10 nitrogen and oxygen atoms in total. The number of hydrogen-bond donors (Lipinski definition) is 1.